The maximum Gasteiger partial charge on any atom is 0.337 e. The van der Waals surface area contributed by atoms with Crippen LogP contribution in [0.3, 0.4) is 0 Å². The second-order valence-corrected chi connectivity index (χ2v) is 6.75. The van der Waals surface area contributed by atoms with Crippen LogP contribution in [0.5, 0.6) is 0 Å². The second kappa shape index (κ2) is 5.58. The first kappa shape index (κ1) is 15.5. The minimum Gasteiger partial charge on any atom is -0.478 e. The molecule has 0 spiro atoms. The van der Waals surface area contributed by atoms with E-state index in [0.717, 1.165) is 4.31 Å². The van der Waals surface area contributed by atoms with Crippen LogP contribution in [0, 0.1) is 0 Å². The van der Waals surface area contributed by atoms with Gasteiger partial charge in [-0.2, -0.15) is 0 Å². The van der Waals surface area contributed by atoms with Crippen LogP contribution in [0.2, 0.25) is 0 Å². The summed E-state index contributed by atoms with van der Waals surface area (Å²) in [7, 11) is -0.838. The van der Waals surface area contributed by atoms with Gasteiger partial charge in [-0.3, -0.25) is 0 Å². The van der Waals surface area contributed by atoms with Crippen LogP contribution in [0.15, 0.2) is 23.1 Å². The molecule has 0 aliphatic rings. The summed E-state index contributed by atoms with van der Waals surface area (Å²) in [6.07, 6.45) is 0. The highest BCUT2D eigenvalue weighted by atomic mass is 32.2. The summed E-state index contributed by atoms with van der Waals surface area (Å²) in [5.74, 6) is -1.17. The van der Waals surface area contributed by atoms with Gasteiger partial charge in [0.05, 0.1) is 10.5 Å². The van der Waals surface area contributed by atoms with Crippen molar-refractivity contribution in [1.82, 2.24) is 4.31 Å². The van der Waals surface area contributed by atoms with E-state index in [1.807, 2.05) is 13.8 Å². The van der Waals surface area contributed by atoms with Crippen LogP contribution < -0.4 is 5.32 Å². The van der Waals surface area contributed by atoms with Gasteiger partial charge in [-0.25, -0.2) is 17.5 Å². The van der Waals surface area contributed by atoms with E-state index in [-0.39, 0.29) is 16.5 Å². The first-order chi connectivity index (χ1) is 8.66. The molecule has 1 rings (SSSR count). The van der Waals surface area contributed by atoms with Gasteiger partial charge < -0.3 is 10.4 Å². The molecule has 0 amide bonds. The van der Waals surface area contributed by atoms with Crippen LogP contribution in [-0.4, -0.2) is 43.9 Å². The predicted octanol–water partition coefficient (Wildman–Crippen LogP) is 1.46. The van der Waals surface area contributed by atoms with Crippen LogP contribution >= 0.6 is 0 Å². The Labute approximate surface area is 113 Å². The molecule has 2 N–H and O–H groups in total. The Balaban J connectivity index is 3.36. The summed E-state index contributed by atoms with van der Waals surface area (Å²) in [6.45, 7) is 3.74. The molecule has 0 fully saturated rings. The number of hydrogen-bond donors (Lipinski definition) is 2. The van der Waals surface area contributed by atoms with Gasteiger partial charge in [0.15, 0.2) is 0 Å². The number of sulfonamides is 1. The molecule has 0 bridgehead atoms. The molecule has 0 unspecified atom stereocenters. The van der Waals surface area contributed by atoms with Crippen molar-refractivity contribution in [2.75, 3.05) is 19.4 Å². The highest BCUT2D eigenvalue weighted by molar-refractivity contribution is 7.89. The Morgan fingerprint density at radius 1 is 1.32 bits per heavy atom. The molecule has 0 saturated carbocycles. The lowest BCUT2D eigenvalue weighted by Gasteiger charge is -2.16. The van der Waals surface area contributed by atoms with Gasteiger partial charge >= 0.3 is 5.97 Å². The van der Waals surface area contributed by atoms with Gasteiger partial charge in [0.25, 0.3) is 0 Å². The van der Waals surface area contributed by atoms with Crippen LogP contribution in [0.4, 0.5) is 5.69 Å². The number of carboxylic acids is 1. The van der Waals surface area contributed by atoms with Crippen LogP contribution in [-0.2, 0) is 10.0 Å². The number of carboxylic acid groups (broad SMARTS) is 1. The average molecular weight is 286 g/mol. The summed E-state index contributed by atoms with van der Waals surface area (Å²) in [4.78, 5) is 11.2. The van der Waals surface area contributed by atoms with Crippen molar-refractivity contribution in [2.24, 2.45) is 0 Å². The van der Waals surface area contributed by atoms with Gasteiger partial charge in [-0.05, 0) is 32.0 Å². The molecule has 6 nitrogen and oxygen atoms in total. The van der Waals surface area contributed by atoms with E-state index in [9.17, 15) is 13.2 Å². The highest BCUT2D eigenvalue weighted by Gasteiger charge is 2.21. The molecule has 0 atom stereocenters. The third kappa shape index (κ3) is 3.45. The highest BCUT2D eigenvalue weighted by Crippen LogP contribution is 2.22. The van der Waals surface area contributed by atoms with Crippen molar-refractivity contribution in [3.05, 3.63) is 23.8 Å². The molecule has 0 radical (unpaired) electrons. The largest absolute Gasteiger partial charge is 0.478 e. The quantitative estimate of drug-likeness (QED) is 0.855. The SMILES string of the molecule is CC(C)Nc1ccc(S(=O)(=O)N(C)C)cc1C(=O)O. The van der Waals surface area contributed by atoms with Crippen LogP contribution in [0.1, 0.15) is 24.2 Å². The molecule has 7 heteroatoms. The van der Waals surface area contributed by atoms with Crippen molar-refractivity contribution < 1.29 is 18.3 Å². The summed E-state index contributed by atoms with van der Waals surface area (Å²) >= 11 is 0. The van der Waals surface area contributed by atoms with E-state index in [1.165, 1.54) is 32.3 Å². The fourth-order valence-corrected chi connectivity index (χ4v) is 2.44. The molecule has 0 saturated heterocycles. The number of benzene rings is 1. The van der Waals surface area contributed by atoms with Gasteiger partial charge in [-0.1, -0.05) is 0 Å². The number of carbonyl (C=O) groups is 1. The first-order valence-corrected chi connectivity index (χ1v) is 7.16. The third-order valence-electron chi connectivity index (χ3n) is 2.44. The molecule has 0 heterocycles. The molecule has 1 aromatic rings. The topological polar surface area (TPSA) is 86.7 Å². The lowest BCUT2D eigenvalue weighted by atomic mass is 10.1. The lowest BCUT2D eigenvalue weighted by Crippen LogP contribution is -2.23. The van der Waals surface area contributed by atoms with Crippen molar-refractivity contribution in [1.29, 1.82) is 0 Å². The fraction of sp³-hybridized carbons (Fsp3) is 0.417. The third-order valence-corrected chi connectivity index (χ3v) is 4.26. The zero-order valence-corrected chi connectivity index (χ0v) is 12.2. The molecular formula is C12H18N2O4S. The Morgan fingerprint density at radius 3 is 2.32 bits per heavy atom. The van der Waals surface area contributed by atoms with E-state index in [0.29, 0.717) is 5.69 Å². The molecule has 0 aliphatic carbocycles. The summed E-state index contributed by atoms with van der Waals surface area (Å²) in [5.41, 5.74) is 0.344. The number of nitrogens with one attached hydrogen (secondary N) is 1. The normalized spacial score (nSPS) is 11.9. The fourth-order valence-electron chi connectivity index (χ4n) is 1.51. The van der Waals surface area contributed by atoms with Crippen molar-refractivity contribution in [3.63, 3.8) is 0 Å². The second-order valence-electron chi connectivity index (χ2n) is 4.60. The van der Waals surface area contributed by atoms with E-state index < -0.39 is 16.0 Å². The number of nitrogens with zero attached hydrogens (tertiary/aromatic N) is 1. The Bertz CT molecular complexity index is 579. The van der Waals surface area contributed by atoms with Crippen molar-refractivity contribution in [3.8, 4) is 0 Å². The molecule has 1 aromatic carbocycles. The predicted molar refractivity (Wildman–Crippen MR) is 73.0 cm³/mol. The Kier molecular flexibility index (Phi) is 4.54. The summed E-state index contributed by atoms with van der Waals surface area (Å²) < 4.78 is 25.0. The molecule has 0 aromatic heterocycles. The number of rotatable bonds is 5. The lowest BCUT2D eigenvalue weighted by molar-refractivity contribution is 0.0697. The summed E-state index contributed by atoms with van der Waals surface area (Å²) in [5, 5.41) is 12.1. The Morgan fingerprint density at radius 2 is 1.89 bits per heavy atom. The number of aromatic carboxylic acids is 1. The van der Waals surface area contributed by atoms with Gasteiger partial charge in [0, 0.05) is 25.8 Å². The summed E-state index contributed by atoms with van der Waals surface area (Å²) in [6, 6.07) is 4.09. The molecular weight excluding hydrogens is 268 g/mol. The molecule has 0 aliphatic heterocycles. The smallest absolute Gasteiger partial charge is 0.337 e. The maximum atomic E-state index is 12.0. The maximum absolute atomic E-state index is 12.0. The van der Waals surface area contributed by atoms with Crippen LogP contribution in [0.25, 0.3) is 0 Å². The molecule has 19 heavy (non-hydrogen) atoms. The zero-order chi connectivity index (χ0) is 14.8. The minimum atomic E-state index is -3.64. The monoisotopic (exact) mass is 286 g/mol. The average Bonchev–Trinajstić information content (AvgIpc) is 2.27. The van der Waals surface area contributed by atoms with Gasteiger partial charge in [0.1, 0.15) is 0 Å². The van der Waals surface area contributed by atoms with E-state index >= 15 is 0 Å². The van der Waals surface area contributed by atoms with Crippen molar-refractivity contribution >= 4 is 21.7 Å². The number of hydrogen-bond acceptors (Lipinski definition) is 4. The number of anilines is 1. The van der Waals surface area contributed by atoms with E-state index in [4.69, 9.17) is 5.11 Å². The van der Waals surface area contributed by atoms with Gasteiger partial charge in [-0.15, -0.1) is 0 Å². The van der Waals surface area contributed by atoms with E-state index in [1.54, 1.807) is 0 Å². The first-order valence-electron chi connectivity index (χ1n) is 5.72. The zero-order valence-electron chi connectivity index (χ0n) is 11.3. The van der Waals surface area contributed by atoms with E-state index in [2.05, 4.69) is 5.32 Å². The minimum absolute atomic E-state index is 0.0378. The Hall–Kier alpha value is -1.60. The molecule has 106 valence electrons. The standard InChI is InChI=1S/C12H18N2O4S/c1-8(2)13-11-6-5-9(7-10(11)12(15)16)19(17,18)14(3)4/h5-8,13H,1-4H3,(H,15,16). The van der Waals surface area contributed by atoms with Crippen molar-refractivity contribution in [2.45, 2.75) is 24.8 Å². The van der Waals surface area contributed by atoms with Gasteiger partial charge in [0.2, 0.25) is 10.0 Å².